The van der Waals surface area contributed by atoms with E-state index in [-0.39, 0.29) is 29.4 Å². The summed E-state index contributed by atoms with van der Waals surface area (Å²) in [4.78, 5) is 27.1. The molecule has 1 aromatic carbocycles. The number of hydrazone groups is 1. The summed E-state index contributed by atoms with van der Waals surface area (Å²) >= 11 is 0. The number of sulfonamides is 1. The average Bonchev–Trinajstić information content (AvgIpc) is 3.11. The van der Waals surface area contributed by atoms with Crippen LogP contribution in [0.5, 0.6) is 0 Å². The van der Waals surface area contributed by atoms with E-state index in [0.717, 1.165) is 44.5 Å². The Morgan fingerprint density at radius 3 is 2.39 bits per heavy atom. The van der Waals surface area contributed by atoms with Crippen LogP contribution in [0.25, 0.3) is 0 Å². The molecule has 0 spiro atoms. The summed E-state index contributed by atoms with van der Waals surface area (Å²) in [6.07, 6.45) is 4.85. The number of hydrogen-bond acceptors (Lipinski definition) is 7. The van der Waals surface area contributed by atoms with Gasteiger partial charge in [0.25, 0.3) is 5.91 Å². The van der Waals surface area contributed by atoms with Crippen molar-refractivity contribution in [2.45, 2.75) is 43.4 Å². The summed E-state index contributed by atoms with van der Waals surface area (Å²) in [7, 11) is -2.19. The molecule has 0 bridgehead atoms. The van der Waals surface area contributed by atoms with Gasteiger partial charge in [-0.05, 0) is 31.0 Å². The number of hydrogen-bond donors (Lipinski definition) is 1. The van der Waals surface area contributed by atoms with E-state index in [0.29, 0.717) is 32.0 Å². The summed E-state index contributed by atoms with van der Waals surface area (Å²) in [6.45, 7) is 3.01. The van der Waals surface area contributed by atoms with Crippen LogP contribution in [0.4, 0.5) is 11.4 Å². The first-order valence-corrected chi connectivity index (χ1v) is 12.9. The number of nitrogens with one attached hydrogen (secondary N) is 1. The summed E-state index contributed by atoms with van der Waals surface area (Å²) in [5.74, 6) is -0.568. The smallest absolute Gasteiger partial charge is 0.271 e. The molecule has 2 amide bonds. The van der Waals surface area contributed by atoms with Gasteiger partial charge in [-0.15, -0.1) is 0 Å². The molecule has 0 aromatic heterocycles. The molecular weight excluding hydrogens is 446 g/mol. The Balaban J connectivity index is 1.66. The topological polar surface area (TPSA) is 112 Å². The van der Waals surface area contributed by atoms with Crippen molar-refractivity contribution in [1.29, 1.82) is 0 Å². The molecule has 3 aliphatic heterocycles. The third kappa shape index (κ3) is 5.36. The molecule has 10 nitrogen and oxygen atoms in total. The van der Waals surface area contributed by atoms with Gasteiger partial charge in [-0.1, -0.05) is 12.8 Å². The largest absolute Gasteiger partial charge is 0.379 e. The second-order valence-electron chi connectivity index (χ2n) is 8.51. The molecule has 2 saturated heterocycles. The van der Waals surface area contributed by atoms with Crippen LogP contribution >= 0.6 is 0 Å². The summed E-state index contributed by atoms with van der Waals surface area (Å²) in [5.41, 5.74) is 1.49. The average molecular weight is 478 g/mol. The van der Waals surface area contributed by atoms with Crippen LogP contribution in [0.2, 0.25) is 0 Å². The maximum absolute atomic E-state index is 13.2. The van der Waals surface area contributed by atoms with E-state index in [2.05, 4.69) is 15.3 Å². The highest BCUT2D eigenvalue weighted by atomic mass is 32.2. The Morgan fingerprint density at radius 2 is 1.73 bits per heavy atom. The van der Waals surface area contributed by atoms with Crippen LogP contribution in [0.15, 0.2) is 28.2 Å². The first kappa shape index (κ1) is 23.7. The lowest BCUT2D eigenvalue weighted by atomic mass is 10.1. The van der Waals surface area contributed by atoms with Gasteiger partial charge in [-0.3, -0.25) is 9.59 Å². The zero-order valence-corrected chi connectivity index (χ0v) is 19.8. The molecule has 2 fully saturated rings. The molecule has 3 aliphatic rings. The zero-order chi connectivity index (χ0) is 23.4. The van der Waals surface area contributed by atoms with Gasteiger partial charge < -0.3 is 15.0 Å². The van der Waals surface area contributed by atoms with Gasteiger partial charge in [0, 0.05) is 46.1 Å². The summed E-state index contributed by atoms with van der Waals surface area (Å²) in [5, 5.41) is 8.16. The summed E-state index contributed by atoms with van der Waals surface area (Å²) in [6, 6.07) is 4.94. The third-order valence-electron chi connectivity index (χ3n) is 6.24. The fourth-order valence-corrected chi connectivity index (χ4v) is 5.76. The number of carbonyl (C=O) groups is 2. The van der Waals surface area contributed by atoms with Crippen LogP contribution in [-0.4, -0.2) is 81.7 Å². The van der Waals surface area contributed by atoms with Gasteiger partial charge >= 0.3 is 0 Å². The molecule has 0 unspecified atom stereocenters. The molecule has 0 radical (unpaired) electrons. The summed E-state index contributed by atoms with van der Waals surface area (Å²) < 4.78 is 33.2. The number of ether oxygens (including phenoxy) is 1. The van der Waals surface area contributed by atoms with Crippen molar-refractivity contribution in [2.75, 3.05) is 56.7 Å². The second kappa shape index (κ2) is 10.2. The Kier molecular flexibility index (Phi) is 7.30. The van der Waals surface area contributed by atoms with Crippen LogP contribution in [0, 0.1) is 0 Å². The number of benzene rings is 1. The highest BCUT2D eigenvalue weighted by molar-refractivity contribution is 7.89. The number of carbonyl (C=O) groups excluding carboxylic acids is 2. The minimum atomic E-state index is -3.72. The van der Waals surface area contributed by atoms with E-state index in [1.165, 1.54) is 16.4 Å². The lowest BCUT2D eigenvalue weighted by Gasteiger charge is -2.28. The van der Waals surface area contributed by atoms with Crippen LogP contribution in [0.3, 0.4) is 0 Å². The standard InChI is InChI=1S/C22H31N5O5S/c1-25-21(28)9-7-18(24-25)22(29)23-19-16-17(33(30,31)27-12-14-32-15-13-27)6-8-20(19)26-10-4-2-3-5-11-26/h6,8,16H,2-5,7,9-15H2,1H3,(H,23,29). The lowest BCUT2D eigenvalue weighted by molar-refractivity contribution is -0.130. The van der Waals surface area contributed by atoms with Crippen LogP contribution < -0.4 is 10.2 Å². The van der Waals surface area contributed by atoms with Crippen LogP contribution in [-0.2, 0) is 24.3 Å². The lowest BCUT2D eigenvalue weighted by Crippen LogP contribution is -2.40. The number of anilines is 2. The molecule has 0 aliphatic carbocycles. The Hall–Kier alpha value is -2.50. The number of rotatable bonds is 5. The molecule has 180 valence electrons. The maximum atomic E-state index is 13.2. The SMILES string of the molecule is CN1N=C(C(=O)Nc2cc(S(=O)(=O)N3CCOCC3)ccc2N2CCCCCC2)CCC1=O. The highest BCUT2D eigenvalue weighted by Crippen LogP contribution is 2.32. The van der Waals surface area contributed by atoms with E-state index in [9.17, 15) is 18.0 Å². The minimum Gasteiger partial charge on any atom is -0.379 e. The normalized spacial score (nSPS) is 20.9. The molecule has 3 heterocycles. The fraction of sp³-hybridized carbons (Fsp3) is 0.591. The zero-order valence-electron chi connectivity index (χ0n) is 19.0. The Morgan fingerprint density at radius 1 is 1.03 bits per heavy atom. The quantitative estimate of drug-likeness (QED) is 0.690. The minimum absolute atomic E-state index is 0.135. The van der Waals surface area contributed by atoms with Gasteiger partial charge in [-0.2, -0.15) is 9.41 Å². The van der Waals surface area contributed by atoms with E-state index in [1.807, 2.05) is 0 Å². The monoisotopic (exact) mass is 477 g/mol. The number of morpholine rings is 1. The van der Waals surface area contributed by atoms with Crippen molar-refractivity contribution in [3.05, 3.63) is 18.2 Å². The van der Waals surface area contributed by atoms with Gasteiger partial charge in [0.1, 0.15) is 5.71 Å². The molecule has 33 heavy (non-hydrogen) atoms. The van der Waals surface area contributed by atoms with Crippen molar-refractivity contribution < 1.29 is 22.7 Å². The van der Waals surface area contributed by atoms with E-state index in [4.69, 9.17) is 4.74 Å². The second-order valence-corrected chi connectivity index (χ2v) is 10.5. The molecule has 1 N–H and O–H groups in total. The Bertz CT molecular complexity index is 1030. The first-order valence-electron chi connectivity index (χ1n) is 11.5. The molecule has 0 atom stereocenters. The van der Waals surface area contributed by atoms with Crippen molar-refractivity contribution in [1.82, 2.24) is 9.31 Å². The number of nitrogens with zero attached hydrogens (tertiary/aromatic N) is 4. The Labute approximate surface area is 194 Å². The molecule has 11 heteroatoms. The maximum Gasteiger partial charge on any atom is 0.271 e. The van der Waals surface area contributed by atoms with Crippen molar-refractivity contribution in [3.8, 4) is 0 Å². The van der Waals surface area contributed by atoms with Gasteiger partial charge in [0.15, 0.2) is 0 Å². The van der Waals surface area contributed by atoms with Crippen molar-refractivity contribution in [3.63, 3.8) is 0 Å². The van der Waals surface area contributed by atoms with Crippen molar-refractivity contribution in [2.24, 2.45) is 5.10 Å². The molecule has 0 saturated carbocycles. The molecular formula is C22H31N5O5S. The molecule has 1 aromatic rings. The van der Waals surface area contributed by atoms with Crippen molar-refractivity contribution >= 4 is 38.9 Å². The first-order chi connectivity index (χ1) is 15.9. The number of amides is 2. The van der Waals surface area contributed by atoms with Crippen LogP contribution in [0.1, 0.15) is 38.5 Å². The van der Waals surface area contributed by atoms with Gasteiger partial charge in [0.2, 0.25) is 15.9 Å². The fourth-order valence-electron chi connectivity index (χ4n) is 4.33. The highest BCUT2D eigenvalue weighted by Gasteiger charge is 2.29. The third-order valence-corrected chi connectivity index (χ3v) is 8.13. The van der Waals surface area contributed by atoms with E-state index >= 15 is 0 Å². The predicted octanol–water partition coefficient (Wildman–Crippen LogP) is 1.63. The van der Waals surface area contributed by atoms with Gasteiger partial charge in [0.05, 0.1) is 29.5 Å². The van der Waals surface area contributed by atoms with E-state index in [1.54, 1.807) is 18.2 Å². The molecule has 4 rings (SSSR count). The van der Waals surface area contributed by atoms with E-state index < -0.39 is 15.9 Å². The predicted molar refractivity (Wildman–Crippen MR) is 125 cm³/mol. The van der Waals surface area contributed by atoms with Gasteiger partial charge in [-0.25, -0.2) is 13.4 Å².